The molecule has 0 bridgehead atoms. The van der Waals surface area contributed by atoms with Crippen molar-refractivity contribution < 1.29 is 14.3 Å². The van der Waals surface area contributed by atoms with Crippen LogP contribution < -0.4 is 5.32 Å². The minimum Gasteiger partial charge on any atom is -0.352 e. The van der Waals surface area contributed by atoms with E-state index >= 15 is 0 Å². The van der Waals surface area contributed by atoms with Gasteiger partial charge in [0.05, 0.1) is 19.6 Å². The molecule has 1 N–H and O–H groups in total. The Morgan fingerprint density at radius 1 is 1.19 bits per heavy atom. The molecule has 116 valence electrons. The van der Waals surface area contributed by atoms with E-state index in [-0.39, 0.29) is 18.6 Å². The molecular weight excluding hydrogens is 266 g/mol. The lowest BCUT2D eigenvalue weighted by molar-refractivity contribution is -0.183. The SMILES string of the molecule is CC(C)Cc1ccc(CNC(=O)CC2OCCCO2)cc1. The molecular formula is C17H25NO3. The molecule has 1 aromatic rings. The zero-order valence-corrected chi connectivity index (χ0v) is 12.9. The number of ether oxygens (including phenoxy) is 2. The van der Waals surface area contributed by atoms with Gasteiger partial charge in [-0.05, 0) is 29.9 Å². The van der Waals surface area contributed by atoms with Gasteiger partial charge in [-0.2, -0.15) is 0 Å². The number of carbonyl (C=O) groups excluding carboxylic acids is 1. The molecule has 1 heterocycles. The van der Waals surface area contributed by atoms with Crippen LogP contribution in [0.15, 0.2) is 24.3 Å². The topological polar surface area (TPSA) is 47.6 Å². The van der Waals surface area contributed by atoms with E-state index < -0.39 is 0 Å². The van der Waals surface area contributed by atoms with Crippen molar-refractivity contribution in [2.45, 2.75) is 45.9 Å². The molecule has 0 unspecified atom stereocenters. The Morgan fingerprint density at radius 2 is 1.81 bits per heavy atom. The quantitative estimate of drug-likeness (QED) is 0.876. The molecule has 1 amide bonds. The van der Waals surface area contributed by atoms with E-state index in [9.17, 15) is 4.79 Å². The van der Waals surface area contributed by atoms with Gasteiger partial charge < -0.3 is 14.8 Å². The van der Waals surface area contributed by atoms with Gasteiger partial charge in [0.1, 0.15) is 0 Å². The Hall–Kier alpha value is -1.39. The van der Waals surface area contributed by atoms with Gasteiger partial charge in [0.15, 0.2) is 6.29 Å². The van der Waals surface area contributed by atoms with Crippen LogP contribution in [0.25, 0.3) is 0 Å². The average Bonchev–Trinajstić information content (AvgIpc) is 2.47. The van der Waals surface area contributed by atoms with Crippen molar-refractivity contribution in [1.29, 1.82) is 0 Å². The maximum atomic E-state index is 11.8. The fourth-order valence-electron chi connectivity index (χ4n) is 2.34. The highest BCUT2D eigenvalue weighted by atomic mass is 16.7. The molecule has 0 spiro atoms. The van der Waals surface area contributed by atoms with Crippen LogP contribution in [0, 0.1) is 5.92 Å². The van der Waals surface area contributed by atoms with Crippen LogP contribution >= 0.6 is 0 Å². The highest BCUT2D eigenvalue weighted by molar-refractivity contribution is 5.76. The van der Waals surface area contributed by atoms with E-state index in [0.717, 1.165) is 18.4 Å². The van der Waals surface area contributed by atoms with Crippen LogP contribution in [0.2, 0.25) is 0 Å². The van der Waals surface area contributed by atoms with E-state index in [0.29, 0.717) is 25.7 Å². The summed E-state index contributed by atoms with van der Waals surface area (Å²) < 4.78 is 10.7. The van der Waals surface area contributed by atoms with E-state index in [2.05, 4.69) is 43.4 Å². The number of hydrogen-bond donors (Lipinski definition) is 1. The minimum absolute atomic E-state index is 0.0341. The van der Waals surface area contributed by atoms with Crippen molar-refractivity contribution in [3.8, 4) is 0 Å². The summed E-state index contributed by atoms with van der Waals surface area (Å²) in [6.45, 7) is 6.32. The fraction of sp³-hybridized carbons (Fsp3) is 0.588. The lowest BCUT2D eigenvalue weighted by atomic mass is 10.0. The average molecular weight is 291 g/mol. The normalized spacial score (nSPS) is 16.1. The third kappa shape index (κ3) is 5.86. The molecule has 0 aliphatic carbocycles. The van der Waals surface area contributed by atoms with Crippen molar-refractivity contribution in [2.75, 3.05) is 13.2 Å². The molecule has 4 heteroatoms. The maximum Gasteiger partial charge on any atom is 0.225 e. The minimum atomic E-state index is -0.382. The fourth-order valence-corrected chi connectivity index (χ4v) is 2.34. The lowest BCUT2D eigenvalue weighted by Crippen LogP contribution is -2.32. The standard InChI is InChI=1S/C17H25NO3/c1-13(2)10-14-4-6-15(7-5-14)12-18-16(19)11-17-20-8-3-9-21-17/h4-7,13,17H,3,8-12H2,1-2H3,(H,18,19). The van der Waals surface area contributed by atoms with Gasteiger partial charge >= 0.3 is 0 Å². The molecule has 1 aliphatic rings. The number of nitrogens with one attached hydrogen (secondary N) is 1. The highest BCUT2D eigenvalue weighted by Crippen LogP contribution is 2.11. The first kappa shape index (κ1) is 16.0. The van der Waals surface area contributed by atoms with Crippen molar-refractivity contribution in [3.63, 3.8) is 0 Å². The van der Waals surface area contributed by atoms with Gasteiger partial charge in [-0.1, -0.05) is 38.1 Å². The third-order valence-corrected chi connectivity index (χ3v) is 3.40. The summed E-state index contributed by atoms with van der Waals surface area (Å²) >= 11 is 0. The van der Waals surface area contributed by atoms with Gasteiger partial charge in [-0.3, -0.25) is 4.79 Å². The zero-order chi connectivity index (χ0) is 15.1. The number of amides is 1. The second kappa shape index (κ2) is 8.15. The molecule has 1 aliphatic heterocycles. The Labute approximate surface area is 126 Å². The van der Waals surface area contributed by atoms with Crippen molar-refractivity contribution in [2.24, 2.45) is 5.92 Å². The molecule has 0 radical (unpaired) electrons. The van der Waals surface area contributed by atoms with Crippen molar-refractivity contribution >= 4 is 5.91 Å². The Kier molecular flexibility index (Phi) is 6.21. The lowest BCUT2D eigenvalue weighted by Gasteiger charge is -2.22. The van der Waals surface area contributed by atoms with Gasteiger partial charge in [-0.15, -0.1) is 0 Å². The monoisotopic (exact) mass is 291 g/mol. The van der Waals surface area contributed by atoms with Crippen molar-refractivity contribution in [3.05, 3.63) is 35.4 Å². The summed E-state index contributed by atoms with van der Waals surface area (Å²) in [5.41, 5.74) is 2.45. The highest BCUT2D eigenvalue weighted by Gasteiger charge is 2.17. The van der Waals surface area contributed by atoms with Gasteiger partial charge in [-0.25, -0.2) is 0 Å². The summed E-state index contributed by atoms with van der Waals surface area (Å²) in [6.07, 6.45) is 1.88. The van der Waals surface area contributed by atoms with Gasteiger partial charge in [0, 0.05) is 6.54 Å². The summed E-state index contributed by atoms with van der Waals surface area (Å²) in [6, 6.07) is 8.42. The van der Waals surface area contributed by atoms with E-state index in [1.165, 1.54) is 5.56 Å². The maximum absolute atomic E-state index is 11.8. The summed E-state index contributed by atoms with van der Waals surface area (Å²) in [4.78, 5) is 11.8. The first-order valence-corrected chi connectivity index (χ1v) is 7.71. The first-order valence-electron chi connectivity index (χ1n) is 7.71. The van der Waals surface area contributed by atoms with E-state index in [4.69, 9.17) is 9.47 Å². The van der Waals surface area contributed by atoms with Gasteiger partial charge in [0.25, 0.3) is 0 Å². The van der Waals surface area contributed by atoms with Crippen LogP contribution in [0.5, 0.6) is 0 Å². The molecule has 4 nitrogen and oxygen atoms in total. The predicted octanol–water partition coefficient (Wildman–Crippen LogP) is 2.65. The first-order chi connectivity index (χ1) is 10.1. The molecule has 0 aromatic heterocycles. The molecule has 0 atom stereocenters. The van der Waals surface area contributed by atoms with Crippen LogP contribution in [0.1, 0.15) is 37.8 Å². The predicted molar refractivity (Wildman–Crippen MR) is 81.8 cm³/mol. The molecule has 0 saturated carbocycles. The molecule has 2 rings (SSSR count). The van der Waals surface area contributed by atoms with Gasteiger partial charge in [0.2, 0.25) is 5.91 Å². The third-order valence-electron chi connectivity index (χ3n) is 3.40. The number of carbonyl (C=O) groups is 1. The Bertz CT molecular complexity index is 436. The molecule has 1 saturated heterocycles. The number of hydrogen-bond acceptors (Lipinski definition) is 3. The second-order valence-corrected chi connectivity index (χ2v) is 5.92. The molecule has 1 fully saturated rings. The molecule has 1 aromatic carbocycles. The number of benzene rings is 1. The molecule has 21 heavy (non-hydrogen) atoms. The van der Waals surface area contributed by atoms with Crippen LogP contribution in [-0.4, -0.2) is 25.4 Å². The zero-order valence-electron chi connectivity index (χ0n) is 12.9. The van der Waals surface area contributed by atoms with E-state index in [1.54, 1.807) is 0 Å². The number of rotatable bonds is 6. The largest absolute Gasteiger partial charge is 0.352 e. The Balaban J connectivity index is 1.73. The smallest absolute Gasteiger partial charge is 0.225 e. The Morgan fingerprint density at radius 3 is 2.43 bits per heavy atom. The summed E-state index contributed by atoms with van der Waals surface area (Å²) in [5.74, 6) is 0.624. The van der Waals surface area contributed by atoms with Crippen LogP contribution in [-0.2, 0) is 27.2 Å². The second-order valence-electron chi connectivity index (χ2n) is 5.92. The van der Waals surface area contributed by atoms with Crippen LogP contribution in [0.3, 0.4) is 0 Å². The summed E-state index contributed by atoms with van der Waals surface area (Å²) in [7, 11) is 0. The summed E-state index contributed by atoms with van der Waals surface area (Å²) in [5, 5.41) is 2.91. The van der Waals surface area contributed by atoms with Crippen molar-refractivity contribution in [1.82, 2.24) is 5.32 Å². The van der Waals surface area contributed by atoms with E-state index in [1.807, 2.05) is 0 Å². The van der Waals surface area contributed by atoms with Crippen LogP contribution in [0.4, 0.5) is 0 Å².